The molecule has 1 amide bonds. The smallest absolute Gasteiger partial charge is 0.308 e. The first-order chi connectivity index (χ1) is 14.9. The summed E-state index contributed by atoms with van der Waals surface area (Å²) in [5.74, 6) is 0.556. The third-order valence-corrected chi connectivity index (χ3v) is 4.11. The Bertz CT molecular complexity index is 1050. The number of benzene rings is 1. The number of rotatable bonds is 8. The highest BCUT2D eigenvalue weighted by atomic mass is 16.5. The molecule has 0 aliphatic rings. The van der Waals surface area contributed by atoms with Gasteiger partial charge in [-0.25, -0.2) is 0 Å². The number of aromatic nitrogens is 1. The molecule has 8 nitrogen and oxygen atoms in total. The number of nitrogens with zero attached hydrogens (tertiary/aromatic N) is 1. The Morgan fingerprint density at radius 3 is 2.68 bits per heavy atom. The van der Waals surface area contributed by atoms with Gasteiger partial charge in [-0.1, -0.05) is 18.2 Å². The lowest BCUT2D eigenvalue weighted by molar-refractivity contribution is -0.131. The average Bonchev–Trinajstić information content (AvgIpc) is 2.74. The van der Waals surface area contributed by atoms with Crippen LogP contribution in [-0.4, -0.2) is 28.5 Å². The van der Waals surface area contributed by atoms with Crippen LogP contribution in [0.5, 0.6) is 17.2 Å². The number of amides is 1. The molecule has 0 saturated heterocycles. The van der Waals surface area contributed by atoms with Crippen LogP contribution in [-0.2, 0) is 11.2 Å². The highest BCUT2D eigenvalue weighted by Gasteiger charge is 2.08. The number of hydrogen-bond donors (Lipinski definition) is 3. The van der Waals surface area contributed by atoms with Gasteiger partial charge in [0.05, 0.1) is 11.3 Å². The molecule has 3 aromatic rings. The van der Waals surface area contributed by atoms with Crippen LogP contribution in [0.4, 0.5) is 0 Å². The molecule has 0 fully saturated rings. The molecule has 0 bridgehead atoms. The lowest BCUT2D eigenvalue weighted by Gasteiger charge is -2.10. The van der Waals surface area contributed by atoms with Crippen molar-refractivity contribution in [2.24, 2.45) is 5.73 Å². The van der Waals surface area contributed by atoms with Crippen molar-refractivity contribution in [1.29, 1.82) is 0 Å². The maximum atomic E-state index is 12.2. The molecular formula is C23H21N3O5. The number of nitrogens with one attached hydrogen (secondary N) is 1. The Balaban J connectivity index is 1.53. The summed E-state index contributed by atoms with van der Waals surface area (Å²) in [6.07, 6.45) is 0.917. The minimum Gasteiger partial charge on any atom is -0.457 e. The van der Waals surface area contributed by atoms with Crippen LogP contribution in [0.1, 0.15) is 34.8 Å². The average molecular weight is 419 g/mol. The normalized spacial score (nSPS) is 11.2. The van der Waals surface area contributed by atoms with Crippen molar-refractivity contribution in [2.75, 3.05) is 6.54 Å². The van der Waals surface area contributed by atoms with E-state index in [4.69, 9.17) is 15.2 Å². The van der Waals surface area contributed by atoms with Gasteiger partial charge in [0.1, 0.15) is 17.7 Å². The van der Waals surface area contributed by atoms with Crippen LogP contribution in [0.2, 0.25) is 0 Å². The molecule has 0 radical (unpaired) electrons. The Morgan fingerprint density at radius 1 is 1.16 bits per heavy atom. The number of carbonyl (C=O) groups excluding carboxylic acids is 2. The SMILES string of the molecule is CC(=O)Oc1c#cc(C(=O)NCCc2cccc(Oc3ccnc(C(N)O)c3)c2)cc1. The Labute approximate surface area is 179 Å². The number of pyridine rings is 1. The molecule has 8 heteroatoms. The van der Waals surface area contributed by atoms with Gasteiger partial charge in [0.25, 0.3) is 5.91 Å². The predicted molar refractivity (Wildman–Crippen MR) is 111 cm³/mol. The van der Waals surface area contributed by atoms with E-state index in [-0.39, 0.29) is 11.7 Å². The highest BCUT2D eigenvalue weighted by molar-refractivity contribution is 5.93. The van der Waals surface area contributed by atoms with E-state index in [0.29, 0.717) is 35.7 Å². The molecule has 0 spiro atoms. The van der Waals surface area contributed by atoms with Crippen molar-refractivity contribution in [3.05, 3.63) is 83.7 Å². The van der Waals surface area contributed by atoms with Gasteiger partial charge >= 0.3 is 5.97 Å². The third-order valence-electron chi connectivity index (χ3n) is 4.11. The summed E-state index contributed by atoms with van der Waals surface area (Å²) in [6, 6.07) is 19.0. The van der Waals surface area contributed by atoms with E-state index >= 15 is 0 Å². The maximum Gasteiger partial charge on any atom is 0.308 e. The molecule has 0 saturated carbocycles. The molecular weight excluding hydrogens is 398 g/mol. The molecule has 1 unspecified atom stereocenters. The number of aliphatic hydroxyl groups excluding tert-OH is 1. The van der Waals surface area contributed by atoms with Gasteiger partial charge < -0.3 is 25.6 Å². The zero-order valence-corrected chi connectivity index (χ0v) is 16.8. The number of aliphatic hydroxyl groups is 1. The van der Waals surface area contributed by atoms with E-state index in [1.54, 1.807) is 18.2 Å². The first-order valence-electron chi connectivity index (χ1n) is 9.48. The first-order valence-corrected chi connectivity index (χ1v) is 9.48. The molecule has 0 aliphatic carbocycles. The van der Waals surface area contributed by atoms with Crippen LogP contribution in [0, 0.1) is 12.1 Å². The van der Waals surface area contributed by atoms with Crippen molar-refractivity contribution < 1.29 is 24.2 Å². The van der Waals surface area contributed by atoms with Crippen LogP contribution in [0.25, 0.3) is 0 Å². The van der Waals surface area contributed by atoms with E-state index in [1.165, 1.54) is 25.3 Å². The number of ether oxygens (including phenoxy) is 2. The second-order valence-corrected chi connectivity index (χ2v) is 6.57. The molecule has 2 aromatic carbocycles. The fourth-order valence-electron chi connectivity index (χ4n) is 2.69. The van der Waals surface area contributed by atoms with Gasteiger partial charge in [-0.2, -0.15) is 0 Å². The molecule has 1 atom stereocenters. The summed E-state index contributed by atoms with van der Waals surface area (Å²) in [5.41, 5.74) is 7.00. The Morgan fingerprint density at radius 2 is 1.97 bits per heavy atom. The van der Waals surface area contributed by atoms with Crippen molar-refractivity contribution in [3.8, 4) is 17.2 Å². The first kappa shape index (κ1) is 21.8. The molecule has 1 aromatic heterocycles. The quantitative estimate of drug-likeness (QED) is 0.378. The van der Waals surface area contributed by atoms with E-state index in [2.05, 4.69) is 22.4 Å². The Hall–Kier alpha value is -3.93. The minimum atomic E-state index is -1.17. The van der Waals surface area contributed by atoms with Gasteiger partial charge in [-0.15, -0.1) is 0 Å². The Kier molecular flexibility index (Phi) is 7.17. The van der Waals surface area contributed by atoms with Gasteiger partial charge in [-0.3, -0.25) is 14.6 Å². The largest absolute Gasteiger partial charge is 0.457 e. The lowest BCUT2D eigenvalue weighted by atomic mass is 10.1. The molecule has 4 N–H and O–H groups in total. The molecule has 1 heterocycles. The third kappa shape index (κ3) is 6.54. The van der Waals surface area contributed by atoms with E-state index < -0.39 is 12.2 Å². The van der Waals surface area contributed by atoms with Crippen molar-refractivity contribution >= 4 is 11.9 Å². The summed E-state index contributed by atoms with van der Waals surface area (Å²) in [6.45, 7) is 1.69. The van der Waals surface area contributed by atoms with E-state index in [1.807, 2.05) is 18.2 Å². The minimum absolute atomic E-state index is 0.211. The zero-order valence-electron chi connectivity index (χ0n) is 16.8. The summed E-state index contributed by atoms with van der Waals surface area (Å²) in [5, 5.41) is 12.2. The van der Waals surface area contributed by atoms with E-state index in [9.17, 15) is 14.7 Å². The van der Waals surface area contributed by atoms with Crippen molar-refractivity contribution in [3.63, 3.8) is 0 Å². The second kappa shape index (κ2) is 10.2. The zero-order chi connectivity index (χ0) is 22.2. The molecule has 3 rings (SSSR count). The molecule has 0 aliphatic heterocycles. The van der Waals surface area contributed by atoms with Crippen molar-refractivity contribution in [1.82, 2.24) is 10.3 Å². The monoisotopic (exact) mass is 419 g/mol. The van der Waals surface area contributed by atoms with Crippen LogP contribution in [0.3, 0.4) is 0 Å². The fourth-order valence-corrected chi connectivity index (χ4v) is 2.69. The lowest BCUT2D eigenvalue weighted by Crippen LogP contribution is -2.25. The predicted octanol–water partition coefficient (Wildman–Crippen LogP) is 2.32. The summed E-state index contributed by atoms with van der Waals surface area (Å²) in [4.78, 5) is 27.1. The topological polar surface area (TPSA) is 124 Å². The molecule has 31 heavy (non-hydrogen) atoms. The van der Waals surface area contributed by atoms with Gasteiger partial charge in [-0.05, 0) is 48.4 Å². The van der Waals surface area contributed by atoms with Gasteiger partial charge in [0, 0.05) is 25.7 Å². The number of carbonyl (C=O) groups is 2. The second-order valence-electron chi connectivity index (χ2n) is 6.57. The summed E-state index contributed by atoms with van der Waals surface area (Å²) in [7, 11) is 0. The van der Waals surface area contributed by atoms with Gasteiger partial charge in [0.15, 0.2) is 5.75 Å². The van der Waals surface area contributed by atoms with Crippen molar-refractivity contribution in [2.45, 2.75) is 19.6 Å². The summed E-state index contributed by atoms with van der Waals surface area (Å²) < 4.78 is 10.7. The number of nitrogens with two attached hydrogens (primary N) is 1. The van der Waals surface area contributed by atoms with Crippen LogP contribution < -0.4 is 20.5 Å². The van der Waals surface area contributed by atoms with Crippen LogP contribution >= 0.6 is 0 Å². The summed E-state index contributed by atoms with van der Waals surface area (Å²) >= 11 is 0. The number of hydrogen-bond acceptors (Lipinski definition) is 7. The highest BCUT2D eigenvalue weighted by Crippen LogP contribution is 2.23. The van der Waals surface area contributed by atoms with Gasteiger partial charge in [0.2, 0.25) is 0 Å². The molecule has 158 valence electrons. The standard InChI is InChI=1S/C23H21N3O5/c1-15(27)30-18-7-5-17(6-8-18)23(29)26-11-9-16-3-2-4-19(13-16)31-20-10-12-25-21(14-20)22(24)28/h2-5,7,10,12-14,22,28H,9,11,24H2,1H3,(H,26,29). The number of esters is 1. The fraction of sp³-hybridized carbons (Fsp3) is 0.174. The van der Waals surface area contributed by atoms with E-state index in [0.717, 1.165) is 5.56 Å². The maximum absolute atomic E-state index is 12.2. The van der Waals surface area contributed by atoms with Crippen LogP contribution in [0.15, 0.2) is 54.7 Å².